The predicted molar refractivity (Wildman–Crippen MR) is 61.9 cm³/mol. The molecule has 2 rings (SSSR count). The van der Waals surface area contributed by atoms with E-state index in [0.717, 1.165) is 0 Å². The van der Waals surface area contributed by atoms with Gasteiger partial charge < -0.3 is 10.9 Å². The topological polar surface area (TPSA) is 71.5 Å². The molecule has 1 heterocycles. The monoisotopic (exact) mass is 283 g/mol. The molecule has 0 aliphatic heterocycles. The van der Waals surface area contributed by atoms with Crippen molar-refractivity contribution >= 4 is 32.5 Å². The second kappa shape index (κ2) is 4.05. The van der Waals surface area contributed by atoms with Crippen molar-refractivity contribution in [2.45, 2.75) is 0 Å². The molecule has 0 atom stereocenters. The fraction of sp³-hybridized carbons (Fsp3) is 0. The average Bonchev–Trinajstić information content (AvgIpc) is 2.27. The molecule has 6 heteroatoms. The van der Waals surface area contributed by atoms with Gasteiger partial charge in [-0.2, -0.15) is 0 Å². The first-order chi connectivity index (χ1) is 7.63. The number of amidine groups is 1. The molecule has 4 nitrogen and oxygen atoms in total. The van der Waals surface area contributed by atoms with E-state index in [4.69, 9.17) is 10.9 Å². The van der Waals surface area contributed by atoms with Crippen molar-refractivity contribution in [1.29, 1.82) is 0 Å². The van der Waals surface area contributed by atoms with Gasteiger partial charge in [-0.05, 0) is 18.2 Å². The SMILES string of the molecule is N/C(=N/O)c1nccc2c(F)cc(Br)cc12. The zero-order valence-corrected chi connectivity index (χ0v) is 9.57. The molecule has 0 aliphatic rings. The number of aromatic nitrogens is 1. The number of fused-ring (bicyclic) bond motifs is 1. The Balaban J connectivity index is 2.87. The van der Waals surface area contributed by atoms with E-state index in [1.807, 2.05) is 0 Å². The van der Waals surface area contributed by atoms with Gasteiger partial charge in [0.1, 0.15) is 11.5 Å². The summed E-state index contributed by atoms with van der Waals surface area (Å²) in [4.78, 5) is 3.96. The molecule has 0 radical (unpaired) electrons. The highest BCUT2D eigenvalue weighted by Crippen LogP contribution is 2.24. The Morgan fingerprint density at radius 2 is 2.19 bits per heavy atom. The maximum Gasteiger partial charge on any atom is 0.189 e. The third-order valence-corrected chi connectivity index (χ3v) is 2.60. The Morgan fingerprint density at radius 1 is 1.44 bits per heavy atom. The van der Waals surface area contributed by atoms with Crippen LogP contribution in [0.15, 0.2) is 34.0 Å². The molecular formula is C10H7BrFN3O. The largest absolute Gasteiger partial charge is 0.409 e. The van der Waals surface area contributed by atoms with Gasteiger partial charge in [-0.1, -0.05) is 21.1 Å². The minimum Gasteiger partial charge on any atom is -0.409 e. The molecule has 16 heavy (non-hydrogen) atoms. The van der Waals surface area contributed by atoms with Crippen LogP contribution in [0, 0.1) is 5.82 Å². The van der Waals surface area contributed by atoms with Gasteiger partial charge in [0.25, 0.3) is 0 Å². The molecule has 0 saturated carbocycles. The molecule has 0 unspecified atom stereocenters. The summed E-state index contributed by atoms with van der Waals surface area (Å²) in [5.74, 6) is -0.540. The number of benzene rings is 1. The predicted octanol–water partition coefficient (Wildman–Crippen LogP) is 2.23. The van der Waals surface area contributed by atoms with Gasteiger partial charge >= 0.3 is 0 Å². The Bertz CT molecular complexity index is 586. The van der Waals surface area contributed by atoms with E-state index in [-0.39, 0.29) is 11.5 Å². The normalized spacial score (nSPS) is 12.0. The van der Waals surface area contributed by atoms with Crippen LogP contribution in [-0.2, 0) is 0 Å². The van der Waals surface area contributed by atoms with Crippen molar-refractivity contribution in [3.05, 3.63) is 40.4 Å². The molecule has 82 valence electrons. The quantitative estimate of drug-likeness (QED) is 0.365. The molecule has 1 aromatic carbocycles. The maximum absolute atomic E-state index is 13.6. The van der Waals surface area contributed by atoms with E-state index in [1.165, 1.54) is 18.3 Å². The van der Waals surface area contributed by atoms with Gasteiger partial charge in [0.15, 0.2) is 5.84 Å². The molecule has 2 aromatic rings. The number of nitrogens with two attached hydrogens (primary N) is 1. The van der Waals surface area contributed by atoms with Crippen LogP contribution >= 0.6 is 15.9 Å². The first kappa shape index (κ1) is 10.8. The summed E-state index contributed by atoms with van der Waals surface area (Å²) in [5.41, 5.74) is 5.71. The van der Waals surface area contributed by atoms with Gasteiger partial charge in [0, 0.05) is 21.4 Å². The van der Waals surface area contributed by atoms with Crippen LogP contribution < -0.4 is 5.73 Å². The highest BCUT2D eigenvalue weighted by molar-refractivity contribution is 9.10. The average molecular weight is 284 g/mol. The molecule has 0 fully saturated rings. The van der Waals surface area contributed by atoms with Crippen LogP contribution in [0.25, 0.3) is 10.8 Å². The second-order valence-electron chi connectivity index (χ2n) is 3.13. The van der Waals surface area contributed by atoms with Gasteiger partial charge in [-0.3, -0.25) is 4.98 Å². The van der Waals surface area contributed by atoms with Crippen molar-refractivity contribution in [2.75, 3.05) is 0 Å². The summed E-state index contributed by atoms with van der Waals surface area (Å²) in [6.45, 7) is 0. The Kier molecular flexibility index (Phi) is 2.74. The third-order valence-electron chi connectivity index (χ3n) is 2.14. The van der Waals surface area contributed by atoms with E-state index in [1.54, 1.807) is 6.07 Å². The third kappa shape index (κ3) is 1.71. The highest BCUT2D eigenvalue weighted by atomic mass is 79.9. The molecule has 0 amide bonds. The van der Waals surface area contributed by atoms with Crippen molar-refractivity contribution in [3.63, 3.8) is 0 Å². The van der Waals surface area contributed by atoms with Crippen LogP contribution in [0.4, 0.5) is 4.39 Å². The lowest BCUT2D eigenvalue weighted by molar-refractivity contribution is 0.318. The first-order valence-electron chi connectivity index (χ1n) is 4.35. The summed E-state index contributed by atoms with van der Waals surface area (Å²) in [5, 5.41) is 12.3. The highest BCUT2D eigenvalue weighted by Gasteiger charge is 2.10. The summed E-state index contributed by atoms with van der Waals surface area (Å²) in [6.07, 6.45) is 1.41. The summed E-state index contributed by atoms with van der Waals surface area (Å²) < 4.78 is 14.2. The van der Waals surface area contributed by atoms with Gasteiger partial charge in [-0.15, -0.1) is 0 Å². The van der Waals surface area contributed by atoms with Crippen molar-refractivity contribution < 1.29 is 9.60 Å². The smallest absolute Gasteiger partial charge is 0.189 e. The van der Waals surface area contributed by atoms with Crippen LogP contribution in [-0.4, -0.2) is 16.0 Å². The number of oxime groups is 1. The van der Waals surface area contributed by atoms with Crippen LogP contribution in [0.3, 0.4) is 0 Å². The zero-order chi connectivity index (χ0) is 11.7. The number of pyridine rings is 1. The van der Waals surface area contributed by atoms with Crippen molar-refractivity contribution in [1.82, 2.24) is 4.98 Å². The molecule has 0 bridgehead atoms. The first-order valence-corrected chi connectivity index (χ1v) is 5.14. The lowest BCUT2D eigenvalue weighted by atomic mass is 10.1. The van der Waals surface area contributed by atoms with E-state index in [2.05, 4.69) is 26.1 Å². The van der Waals surface area contributed by atoms with E-state index >= 15 is 0 Å². The molecule has 0 spiro atoms. The zero-order valence-electron chi connectivity index (χ0n) is 7.98. The molecule has 0 saturated heterocycles. The van der Waals surface area contributed by atoms with Crippen LogP contribution in [0.1, 0.15) is 5.69 Å². The minimum absolute atomic E-state index is 0.150. The van der Waals surface area contributed by atoms with Gasteiger partial charge in [0.05, 0.1) is 0 Å². The molecular weight excluding hydrogens is 277 g/mol. The van der Waals surface area contributed by atoms with Crippen molar-refractivity contribution in [2.24, 2.45) is 10.9 Å². The number of hydrogen-bond acceptors (Lipinski definition) is 3. The van der Waals surface area contributed by atoms with E-state index < -0.39 is 5.82 Å². The van der Waals surface area contributed by atoms with E-state index in [0.29, 0.717) is 15.2 Å². The number of rotatable bonds is 1. The van der Waals surface area contributed by atoms with Crippen LogP contribution in [0.5, 0.6) is 0 Å². The van der Waals surface area contributed by atoms with E-state index in [9.17, 15) is 4.39 Å². The lowest BCUT2D eigenvalue weighted by Crippen LogP contribution is -2.15. The lowest BCUT2D eigenvalue weighted by Gasteiger charge is -2.05. The number of halogens is 2. The Hall–Kier alpha value is -1.69. The van der Waals surface area contributed by atoms with Crippen LogP contribution in [0.2, 0.25) is 0 Å². The fourth-order valence-electron chi connectivity index (χ4n) is 1.46. The Morgan fingerprint density at radius 3 is 2.88 bits per heavy atom. The molecule has 1 aromatic heterocycles. The number of nitrogens with zero attached hydrogens (tertiary/aromatic N) is 2. The minimum atomic E-state index is -0.390. The summed E-state index contributed by atoms with van der Waals surface area (Å²) in [6, 6.07) is 4.54. The summed E-state index contributed by atoms with van der Waals surface area (Å²) >= 11 is 3.18. The van der Waals surface area contributed by atoms with Gasteiger partial charge in [-0.25, -0.2) is 4.39 Å². The maximum atomic E-state index is 13.6. The molecule has 0 aliphatic carbocycles. The van der Waals surface area contributed by atoms with Crippen molar-refractivity contribution in [3.8, 4) is 0 Å². The Labute approximate surface area is 98.7 Å². The fourth-order valence-corrected chi connectivity index (χ4v) is 1.89. The second-order valence-corrected chi connectivity index (χ2v) is 4.04. The number of hydrogen-bond donors (Lipinski definition) is 2. The molecule has 3 N–H and O–H groups in total. The summed E-state index contributed by atoms with van der Waals surface area (Å²) in [7, 11) is 0. The standard InChI is InChI=1S/C10H7BrFN3O/c11-5-3-7-6(8(12)4-5)1-2-14-9(7)10(13)15-16/h1-4,16H,(H2,13,15). The van der Waals surface area contributed by atoms with Gasteiger partial charge in [0.2, 0.25) is 0 Å².